The van der Waals surface area contributed by atoms with Crippen LogP contribution in [0.25, 0.3) is 0 Å². The molecule has 0 saturated heterocycles. The Hall–Kier alpha value is -0.310. The molecule has 70 valence electrons. The number of nitrogens with one attached hydrogen (secondary N) is 1. The Kier molecular flexibility index (Phi) is 3.79. The third-order valence-electron chi connectivity index (χ3n) is 2.77. The van der Waals surface area contributed by atoms with Gasteiger partial charge >= 0.3 is 0 Å². The van der Waals surface area contributed by atoms with Gasteiger partial charge in [-0.05, 0) is 43.8 Å². The van der Waals surface area contributed by atoms with E-state index in [-0.39, 0.29) is 0 Å². The Morgan fingerprint density at radius 3 is 2.42 bits per heavy atom. The fourth-order valence-corrected chi connectivity index (χ4v) is 2.08. The van der Waals surface area contributed by atoms with Crippen molar-refractivity contribution in [1.29, 1.82) is 0 Å². The number of nitrogens with two attached hydrogens (primary N) is 1. The molecule has 12 heavy (non-hydrogen) atoms. The normalized spacial score (nSPS) is 29.8. The van der Waals surface area contributed by atoms with Crippen molar-refractivity contribution >= 4 is 17.3 Å². The van der Waals surface area contributed by atoms with Gasteiger partial charge in [0.05, 0.1) is 0 Å². The van der Waals surface area contributed by atoms with E-state index in [9.17, 15) is 0 Å². The minimum absolute atomic E-state index is 0.454. The zero-order chi connectivity index (χ0) is 8.97. The van der Waals surface area contributed by atoms with Crippen molar-refractivity contribution < 1.29 is 0 Å². The summed E-state index contributed by atoms with van der Waals surface area (Å²) in [5.41, 5.74) is 5.41. The van der Waals surface area contributed by atoms with Gasteiger partial charge in [-0.15, -0.1) is 0 Å². The van der Waals surface area contributed by atoms with Gasteiger partial charge in [0.15, 0.2) is 5.11 Å². The first kappa shape index (κ1) is 9.78. The molecule has 0 atom stereocenters. The van der Waals surface area contributed by atoms with Crippen LogP contribution in [0.5, 0.6) is 0 Å². The van der Waals surface area contributed by atoms with Gasteiger partial charge < -0.3 is 11.1 Å². The Balaban J connectivity index is 2.21. The molecule has 2 nitrogen and oxygen atoms in total. The lowest BCUT2D eigenvalue weighted by atomic mass is 9.85. The van der Waals surface area contributed by atoms with Crippen LogP contribution in [-0.2, 0) is 0 Å². The molecule has 1 fully saturated rings. The van der Waals surface area contributed by atoms with Crippen molar-refractivity contribution in [3.05, 3.63) is 0 Å². The number of rotatable bonds is 2. The van der Waals surface area contributed by atoms with Crippen LogP contribution in [0.4, 0.5) is 0 Å². The van der Waals surface area contributed by atoms with Gasteiger partial charge in [0.25, 0.3) is 0 Å². The molecule has 0 heterocycles. The average Bonchev–Trinajstić information content (AvgIpc) is 2.05. The van der Waals surface area contributed by atoms with Gasteiger partial charge in [0.1, 0.15) is 0 Å². The predicted molar refractivity (Wildman–Crippen MR) is 56.0 cm³/mol. The summed E-state index contributed by atoms with van der Waals surface area (Å²) in [7, 11) is 0. The lowest BCUT2D eigenvalue weighted by Gasteiger charge is -2.28. The van der Waals surface area contributed by atoms with E-state index in [0.29, 0.717) is 11.2 Å². The summed E-state index contributed by atoms with van der Waals surface area (Å²) in [5, 5.41) is 3.59. The summed E-state index contributed by atoms with van der Waals surface area (Å²) in [6.45, 7) is 2.27. The first-order valence-electron chi connectivity index (χ1n) is 4.78. The number of hydrogen-bond acceptors (Lipinski definition) is 1. The second-order valence-electron chi connectivity index (χ2n) is 3.63. The van der Waals surface area contributed by atoms with Crippen LogP contribution in [0.3, 0.4) is 0 Å². The first-order chi connectivity index (χ1) is 5.72. The molecule has 0 bridgehead atoms. The molecule has 1 saturated carbocycles. The van der Waals surface area contributed by atoms with Crippen LogP contribution in [-0.4, -0.2) is 11.2 Å². The average molecular weight is 186 g/mol. The van der Waals surface area contributed by atoms with E-state index in [1.807, 2.05) is 0 Å². The molecular weight excluding hydrogens is 168 g/mol. The van der Waals surface area contributed by atoms with Crippen molar-refractivity contribution in [2.24, 2.45) is 11.7 Å². The molecule has 3 N–H and O–H groups in total. The maximum absolute atomic E-state index is 5.41. The molecule has 0 aromatic carbocycles. The molecule has 1 rings (SSSR count). The van der Waals surface area contributed by atoms with Gasteiger partial charge in [0.2, 0.25) is 0 Å². The topological polar surface area (TPSA) is 38.0 Å². The Bertz CT molecular complexity index is 151. The summed E-state index contributed by atoms with van der Waals surface area (Å²) in [4.78, 5) is 0. The van der Waals surface area contributed by atoms with Crippen LogP contribution in [0, 0.1) is 5.92 Å². The zero-order valence-corrected chi connectivity index (χ0v) is 8.49. The molecule has 3 heteroatoms. The van der Waals surface area contributed by atoms with E-state index < -0.39 is 0 Å². The summed E-state index contributed by atoms with van der Waals surface area (Å²) in [5.74, 6) is 0.939. The molecule has 1 aliphatic carbocycles. The van der Waals surface area contributed by atoms with Gasteiger partial charge in [-0.3, -0.25) is 0 Å². The highest BCUT2D eigenvalue weighted by Crippen LogP contribution is 2.26. The van der Waals surface area contributed by atoms with Crippen LogP contribution >= 0.6 is 12.2 Å². The van der Waals surface area contributed by atoms with E-state index in [0.717, 1.165) is 5.92 Å². The van der Waals surface area contributed by atoms with E-state index >= 15 is 0 Å². The van der Waals surface area contributed by atoms with Crippen molar-refractivity contribution in [3.8, 4) is 0 Å². The molecule has 0 aromatic rings. The molecule has 0 aliphatic heterocycles. The summed E-state index contributed by atoms with van der Waals surface area (Å²) >= 11 is 4.80. The third kappa shape index (κ3) is 2.97. The summed E-state index contributed by atoms with van der Waals surface area (Å²) < 4.78 is 0. The third-order valence-corrected chi connectivity index (χ3v) is 2.89. The van der Waals surface area contributed by atoms with E-state index in [1.54, 1.807) is 0 Å². The smallest absolute Gasteiger partial charge is 0.163 e. The maximum Gasteiger partial charge on any atom is 0.163 e. The van der Waals surface area contributed by atoms with Gasteiger partial charge in [-0.25, -0.2) is 0 Å². The summed E-state index contributed by atoms with van der Waals surface area (Å²) in [6, 6.07) is 0.547. The molecule has 1 aliphatic rings. The minimum atomic E-state index is 0.454. The molecule has 0 radical (unpaired) electrons. The van der Waals surface area contributed by atoms with Crippen molar-refractivity contribution in [1.82, 2.24) is 5.32 Å². The van der Waals surface area contributed by atoms with E-state index in [2.05, 4.69) is 12.2 Å². The second kappa shape index (κ2) is 4.65. The van der Waals surface area contributed by atoms with Gasteiger partial charge in [-0.2, -0.15) is 0 Å². The SMILES string of the molecule is CCC1CCC(NC(N)=S)CC1. The van der Waals surface area contributed by atoms with Crippen molar-refractivity contribution in [2.45, 2.75) is 45.1 Å². The largest absolute Gasteiger partial charge is 0.376 e. The van der Waals surface area contributed by atoms with Crippen molar-refractivity contribution in [2.75, 3.05) is 0 Å². The van der Waals surface area contributed by atoms with Crippen molar-refractivity contribution in [3.63, 3.8) is 0 Å². The summed E-state index contributed by atoms with van der Waals surface area (Å²) in [6.07, 6.45) is 6.44. The Morgan fingerprint density at radius 2 is 2.00 bits per heavy atom. The van der Waals surface area contributed by atoms with Crippen LogP contribution in [0.15, 0.2) is 0 Å². The van der Waals surface area contributed by atoms with Crippen LogP contribution in [0.2, 0.25) is 0 Å². The van der Waals surface area contributed by atoms with Crippen LogP contribution in [0.1, 0.15) is 39.0 Å². The molecule has 0 spiro atoms. The number of thiocarbonyl (C=S) groups is 1. The highest BCUT2D eigenvalue weighted by atomic mass is 32.1. The highest BCUT2D eigenvalue weighted by molar-refractivity contribution is 7.80. The van der Waals surface area contributed by atoms with E-state index in [1.165, 1.54) is 32.1 Å². The lowest BCUT2D eigenvalue weighted by molar-refractivity contribution is 0.305. The van der Waals surface area contributed by atoms with Gasteiger partial charge in [-0.1, -0.05) is 13.3 Å². The quantitative estimate of drug-likeness (QED) is 0.646. The highest BCUT2D eigenvalue weighted by Gasteiger charge is 2.19. The van der Waals surface area contributed by atoms with Gasteiger partial charge in [0, 0.05) is 6.04 Å². The minimum Gasteiger partial charge on any atom is -0.376 e. The Morgan fingerprint density at radius 1 is 1.42 bits per heavy atom. The predicted octanol–water partition coefficient (Wildman–Crippen LogP) is 1.79. The Labute approximate surface area is 79.9 Å². The standard InChI is InChI=1S/C9H18N2S/c1-2-7-3-5-8(6-4-7)11-9(10)12/h7-8H,2-6H2,1H3,(H3,10,11,12). The number of hydrogen-bond donors (Lipinski definition) is 2. The molecule has 0 amide bonds. The monoisotopic (exact) mass is 186 g/mol. The van der Waals surface area contributed by atoms with Crippen LogP contribution < -0.4 is 11.1 Å². The fourth-order valence-electron chi connectivity index (χ4n) is 1.92. The second-order valence-corrected chi connectivity index (χ2v) is 4.07. The maximum atomic E-state index is 5.41. The van der Waals surface area contributed by atoms with E-state index in [4.69, 9.17) is 18.0 Å². The molecular formula is C9H18N2S. The lowest BCUT2D eigenvalue weighted by Crippen LogP contribution is -2.40. The molecule has 0 aromatic heterocycles. The first-order valence-corrected chi connectivity index (χ1v) is 5.19. The molecule has 0 unspecified atom stereocenters. The zero-order valence-electron chi connectivity index (χ0n) is 7.68. The fraction of sp³-hybridized carbons (Fsp3) is 0.889.